The molecule has 0 saturated heterocycles. The van der Waals surface area contributed by atoms with Gasteiger partial charge in [-0.3, -0.25) is 4.72 Å². The van der Waals surface area contributed by atoms with E-state index >= 15 is 0 Å². The van der Waals surface area contributed by atoms with Gasteiger partial charge in [-0.2, -0.15) is 5.26 Å². The average Bonchev–Trinajstić information content (AvgIpc) is 3.02. The summed E-state index contributed by atoms with van der Waals surface area (Å²) in [6.45, 7) is 0.336. The number of hydrogen-bond donors (Lipinski definition) is 2. The molecule has 0 aliphatic carbocycles. The Labute approximate surface area is 175 Å². The highest BCUT2D eigenvalue weighted by Gasteiger charge is 2.16. The summed E-state index contributed by atoms with van der Waals surface area (Å²) in [5, 5.41) is 22.3. The second-order valence-electron chi connectivity index (χ2n) is 7.36. The quantitative estimate of drug-likeness (QED) is 0.499. The van der Waals surface area contributed by atoms with Crippen LogP contribution in [0.15, 0.2) is 66.7 Å². The molecule has 1 aromatic heterocycles. The van der Waals surface area contributed by atoms with Crippen molar-refractivity contribution < 1.29 is 13.5 Å². The fourth-order valence-electron chi connectivity index (χ4n) is 3.86. The van der Waals surface area contributed by atoms with Crippen LogP contribution >= 0.6 is 0 Å². The molecule has 152 valence electrons. The van der Waals surface area contributed by atoms with Gasteiger partial charge in [0, 0.05) is 34.8 Å². The number of anilines is 1. The van der Waals surface area contributed by atoms with E-state index in [9.17, 15) is 18.8 Å². The lowest BCUT2D eigenvalue weighted by atomic mass is 10.0. The van der Waals surface area contributed by atoms with Crippen molar-refractivity contribution in [2.24, 2.45) is 0 Å². The molecular formula is C23H21N3O3S. The predicted octanol–water partition coefficient (Wildman–Crippen LogP) is 3.64. The van der Waals surface area contributed by atoms with Crippen molar-refractivity contribution in [1.29, 1.82) is 5.26 Å². The summed E-state index contributed by atoms with van der Waals surface area (Å²) in [4.78, 5) is 0. The van der Waals surface area contributed by atoms with Gasteiger partial charge in [0.05, 0.1) is 29.7 Å². The molecule has 0 spiro atoms. The monoisotopic (exact) mass is 419 g/mol. The number of sulfonamides is 1. The van der Waals surface area contributed by atoms with E-state index in [0.29, 0.717) is 23.4 Å². The lowest BCUT2D eigenvalue weighted by molar-refractivity contribution is 0.157. The molecule has 4 rings (SSSR count). The number of aromatic nitrogens is 1. The number of hydrogen-bond acceptors (Lipinski definition) is 4. The minimum atomic E-state index is -3.48. The van der Waals surface area contributed by atoms with Crippen molar-refractivity contribution in [2.45, 2.75) is 19.1 Å². The standard InChI is InChI=1S/C23H21N3O3S/c1-30(28,29)25-21-11-10-16(14-24)12-17(21)13-18(27)15-26-22-8-4-2-6-19(22)20-7-3-5-9-23(20)26/h2-12,18,25,27H,13,15H2,1H3. The largest absolute Gasteiger partial charge is 0.391 e. The van der Waals surface area contributed by atoms with Gasteiger partial charge >= 0.3 is 0 Å². The van der Waals surface area contributed by atoms with Crippen LogP contribution in [0.3, 0.4) is 0 Å². The SMILES string of the molecule is CS(=O)(=O)Nc1ccc(C#N)cc1CC(O)Cn1c2ccccc2c2ccccc21. The van der Waals surface area contributed by atoms with Gasteiger partial charge < -0.3 is 9.67 Å². The molecule has 2 N–H and O–H groups in total. The summed E-state index contributed by atoms with van der Waals surface area (Å²) < 4.78 is 27.9. The first-order valence-corrected chi connectivity index (χ1v) is 11.4. The molecular weight excluding hydrogens is 398 g/mol. The van der Waals surface area contributed by atoms with Gasteiger partial charge in [-0.05, 0) is 35.9 Å². The Kier molecular flexibility index (Phi) is 5.20. The fourth-order valence-corrected chi connectivity index (χ4v) is 4.46. The molecule has 4 aromatic rings. The third-order valence-electron chi connectivity index (χ3n) is 5.06. The zero-order chi connectivity index (χ0) is 21.3. The summed E-state index contributed by atoms with van der Waals surface area (Å²) in [7, 11) is -3.48. The Morgan fingerprint density at radius 2 is 1.63 bits per heavy atom. The van der Waals surface area contributed by atoms with Crippen molar-refractivity contribution in [1.82, 2.24) is 4.57 Å². The van der Waals surface area contributed by atoms with Gasteiger partial charge in [-0.25, -0.2) is 8.42 Å². The summed E-state index contributed by atoms with van der Waals surface area (Å²) in [6, 6.07) is 22.9. The molecule has 6 nitrogen and oxygen atoms in total. The van der Waals surface area contributed by atoms with E-state index in [-0.39, 0.29) is 6.42 Å². The van der Waals surface area contributed by atoms with Crippen LogP contribution in [0.25, 0.3) is 21.8 Å². The van der Waals surface area contributed by atoms with Crippen molar-refractivity contribution in [3.63, 3.8) is 0 Å². The normalized spacial score (nSPS) is 12.7. The maximum Gasteiger partial charge on any atom is 0.229 e. The Morgan fingerprint density at radius 1 is 1.03 bits per heavy atom. The molecule has 30 heavy (non-hydrogen) atoms. The Hall–Kier alpha value is -3.34. The Balaban J connectivity index is 1.69. The zero-order valence-electron chi connectivity index (χ0n) is 16.4. The van der Waals surface area contributed by atoms with Crippen LogP contribution < -0.4 is 4.72 Å². The number of para-hydroxylation sites is 2. The highest BCUT2D eigenvalue weighted by atomic mass is 32.2. The van der Waals surface area contributed by atoms with Crippen LogP contribution in [0.2, 0.25) is 0 Å². The van der Waals surface area contributed by atoms with Gasteiger partial charge in [0.2, 0.25) is 10.0 Å². The molecule has 1 atom stereocenters. The van der Waals surface area contributed by atoms with Crippen LogP contribution in [0, 0.1) is 11.3 Å². The van der Waals surface area contributed by atoms with Crippen molar-refractivity contribution in [3.8, 4) is 6.07 Å². The van der Waals surface area contributed by atoms with Gasteiger partial charge in [0.1, 0.15) is 0 Å². The van der Waals surface area contributed by atoms with Gasteiger partial charge in [-0.1, -0.05) is 36.4 Å². The van der Waals surface area contributed by atoms with Gasteiger partial charge in [-0.15, -0.1) is 0 Å². The summed E-state index contributed by atoms with van der Waals surface area (Å²) in [5.74, 6) is 0. The van der Waals surface area contributed by atoms with Crippen molar-refractivity contribution in [2.75, 3.05) is 11.0 Å². The molecule has 0 radical (unpaired) electrons. The number of fused-ring (bicyclic) bond motifs is 3. The maximum atomic E-state index is 11.7. The van der Waals surface area contributed by atoms with E-state index in [2.05, 4.69) is 27.5 Å². The number of aliphatic hydroxyl groups is 1. The Morgan fingerprint density at radius 3 is 2.20 bits per heavy atom. The minimum absolute atomic E-state index is 0.203. The molecule has 1 unspecified atom stereocenters. The van der Waals surface area contributed by atoms with E-state index in [1.165, 1.54) is 0 Å². The number of nitriles is 1. The number of benzene rings is 3. The average molecular weight is 420 g/mol. The summed E-state index contributed by atoms with van der Waals surface area (Å²) >= 11 is 0. The second-order valence-corrected chi connectivity index (χ2v) is 9.11. The first-order chi connectivity index (χ1) is 14.4. The number of nitrogens with one attached hydrogen (secondary N) is 1. The highest BCUT2D eigenvalue weighted by molar-refractivity contribution is 7.92. The molecule has 3 aromatic carbocycles. The minimum Gasteiger partial charge on any atom is -0.391 e. The van der Waals surface area contributed by atoms with Crippen LogP contribution in [0.4, 0.5) is 5.69 Å². The van der Waals surface area contributed by atoms with Crippen molar-refractivity contribution >= 4 is 37.5 Å². The lowest BCUT2D eigenvalue weighted by Crippen LogP contribution is -2.20. The van der Waals surface area contributed by atoms with E-state index in [0.717, 1.165) is 28.1 Å². The predicted molar refractivity (Wildman–Crippen MR) is 119 cm³/mol. The van der Waals surface area contributed by atoms with Gasteiger partial charge in [0.15, 0.2) is 0 Å². The van der Waals surface area contributed by atoms with Gasteiger partial charge in [0.25, 0.3) is 0 Å². The molecule has 0 saturated carbocycles. The van der Waals surface area contributed by atoms with Crippen molar-refractivity contribution in [3.05, 3.63) is 77.9 Å². The highest BCUT2D eigenvalue weighted by Crippen LogP contribution is 2.29. The Bertz CT molecular complexity index is 1330. The zero-order valence-corrected chi connectivity index (χ0v) is 17.2. The molecule has 0 amide bonds. The fraction of sp³-hybridized carbons (Fsp3) is 0.174. The molecule has 7 heteroatoms. The maximum absolute atomic E-state index is 11.7. The molecule has 1 heterocycles. The van der Waals surface area contributed by atoms with E-state index in [4.69, 9.17) is 0 Å². The number of nitrogens with zero attached hydrogens (tertiary/aromatic N) is 2. The van der Waals surface area contributed by atoms with Crippen LogP contribution in [0.1, 0.15) is 11.1 Å². The van der Waals surface area contributed by atoms with Crippen LogP contribution in [-0.2, 0) is 23.0 Å². The molecule has 0 aliphatic rings. The molecule has 0 aliphatic heterocycles. The summed E-state index contributed by atoms with van der Waals surface area (Å²) in [5.41, 5.74) is 3.41. The third kappa shape index (κ3) is 4.01. The second kappa shape index (κ2) is 7.82. The molecule has 0 bridgehead atoms. The van der Waals surface area contributed by atoms with E-state index in [1.807, 2.05) is 36.4 Å². The topological polar surface area (TPSA) is 95.1 Å². The van der Waals surface area contributed by atoms with Crippen LogP contribution in [-0.4, -0.2) is 30.5 Å². The first kappa shape index (κ1) is 20.0. The smallest absolute Gasteiger partial charge is 0.229 e. The molecule has 0 fully saturated rings. The number of rotatable bonds is 6. The third-order valence-corrected chi connectivity index (χ3v) is 5.65. The first-order valence-electron chi connectivity index (χ1n) is 9.50. The number of aliphatic hydroxyl groups excluding tert-OH is 1. The van der Waals surface area contributed by atoms with E-state index in [1.54, 1.807) is 18.2 Å². The van der Waals surface area contributed by atoms with Crippen LogP contribution in [0.5, 0.6) is 0 Å². The summed E-state index contributed by atoms with van der Waals surface area (Å²) in [6.07, 6.45) is 0.496. The lowest BCUT2D eigenvalue weighted by Gasteiger charge is -2.17. The van der Waals surface area contributed by atoms with E-state index < -0.39 is 16.1 Å².